The summed E-state index contributed by atoms with van der Waals surface area (Å²) < 4.78 is 76.3. The molecule has 0 saturated carbocycles. The molecule has 0 radical (unpaired) electrons. The van der Waals surface area contributed by atoms with Gasteiger partial charge in [-0.1, -0.05) is 0 Å². The van der Waals surface area contributed by atoms with Crippen LogP contribution in [0.5, 0.6) is 0 Å². The van der Waals surface area contributed by atoms with Crippen LogP contribution in [0.2, 0.25) is 0 Å². The topological polar surface area (TPSA) is 83.4 Å². The average Bonchev–Trinajstić information content (AvgIpc) is 2.46. The molecule has 1 aromatic rings. The van der Waals surface area contributed by atoms with Crippen molar-refractivity contribution in [1.82, 2.24) is 0 Å². The van der Waals surface area contributed by atoms with Crippen LogP contribution >= 0.6 is 15.9 Å². The van der Waals surface area contributed by atoms with Crippen LogP contribution in [0, 0.1) is 34.0 Å². The minimum absolute atomic E-state index is 0.0967. The van der Waals surface area contributed by atoms with E-state index in [-0.39, 0.29) is 6.07 Å². The smallest absolute Gasteiger partial charge is 0.344 e. The van der Waals surface area contributed by atoms with Gasteiger partial charge < -0.3 is 5.32 Å². The van der Waals surface area contributed by atoms with E-state index in [4.69, 9.17) is 15.8 Å². The molecule has 0 amide bonds. The molecule has 0 fully saturated rings. The lowest BCUT2D eigenvalue weighted by molar-refractivity contribution is -0.143. The number of allylic oxidation sites excluding steroid dienone is 2. The third-order valence-electron chi connectivity index (χ3n) is 2.55. The van der Waals surface area contributed by atoms with Crippen molar-refractivity contribution >= 4 is 21.6 Å². The fourth-order valence-corrected chi connectivity index (χ4v) is 2.06. The van der Waals surface area contributed by atoms with E-state index < -0.39 is 44.9 Å². The van der Waals surface area contributed by atoms with Gasteiger partial charge in [-0.15, -0.1) is 0 Å². The molecular formula is C13H3BrF6N4. The Balaban J connectivity index is 3.67. The molecule has 0 saturated heterocycles. The van der Waals surface area contributed by atoms with Gasteiger partial charge in [0.1, 0.15) is 23.9 Å². The summed E-state index contributed by atoms with van der Waals surface area (Å²) in [6.07, 6.45) is -10.2. The van der Waals surface area contributed by atoms with E-state index in [1.54, 1.807) is 0 Å². The first-order valence-electron chi connectivity index (χ1n) is 5.65. The van der Waals surface area contributed by atoms with Crippen LogP contribution in [0.25, 0.3) is 0 Å². The Bertz CT molecular complexity index is 802. The van der Waals surface area contributed by atoms with Gasteiger partial charge in [0.05, 0.1) is 21.3 Å². The summed E-state index contributed by atoms with van der Waals surface area (Å²) in [5.41, 5.74) is -5.60. The van der Waals surface area contributed by atoms with Gasteiger partial charge in [-0.2, -0.15) is 42.1 Å². The molecule has 1 rings (SSSR count). The Morgan fingerprint density at radius 2 is 1.46 bits per heavy atom. The monoisotopic (exact) mass is 408 g/mol. The predicted octanol–water partition coefficient (Wildman–Crippen LogP) is 4.72. The number of nitrogens with zero attached hydrogens (tertiary/aromatic N) is 3. The third-order valence-corrected chi connectivity index (χ3v) is 3.40. The first-order valence-corrected chi connectivity index (χ1v) is 6.44. The summed E-state index contributed by atoms with van der Waals surface area (Å²) in [6, 6.07) is 4.17. The second-order valence-corrected chi connectivity index (χ2v) is 4.88. The molecule has 0 unspecified atom stereocenters. The van der Waals surface area contributed by atoms with Gasteiger partial charge in [0.2, 0.25) is 0 Å². The first kappa shape index (κ1) is 19.3. The Morgan fingerprint density at radius 3 is 1.83 bits per heavy atom. The zero-order valence-corrected chi connectivity index (χ0v) is 12.7. The van der Waals surface area contributed by atoms with Gasteiger partial charge in [-0.05, 0) is 28.1 Å². The number of benzene rings is 1. The third kappa shape index (κ3) is 4.18. The molecule has 0 aliphatic rings. The molecule has 0 aliphatic carbocycles. The lowest BCUT2D eigenvalue weighted by Gasteiger charge is -2.17. The summed E-state index contributed by atoms with van der Waals surface area (Å²) in [4.78, 5) is 0. The highest BCUT2D eigenvalue weighted by atomic mass is 79.9. The Hall–Kier alpha value is -2.71. The molecule has 0 heterocycles. The second kappa shape index (κ2) is 6.81. The van der Waals surface area contributed by atoms with Crippen molar-refractivity contribution in [3.8, 4) is 18.2 Å². The zero-order chi connectivity index (χ0) is 18.7. The molecule has 0 aromatic heterocycles. The first-order chi connectivity index (χ1) is 11.0. The van der Waals surface area contributed by atoms with Gasteiger partial charge in [0.15, 0.2) is 5.57 Å². The SMILES string of the molecule is N#CC(C#N)=C(C#N)Nc1cc(C(F)(F)F)cc(C(F)(F)F)c1Br. The van der Waals surface area contributed by atoms with Crippen molar-refractivity contribution in [3.63, 3.8) is 0 Å². The van der Waals surface area contributed by atoms with E-state index in [9.17, 15) is 26.3 Å². The quantitative estimate of drug-likeness (QED) is 0.566. The summed E-state index contributed by atoms with van der Waals surface area (Å²) >= 11 is 2.52. The van der Waals surface area contributed by atoms with Crippen molar-refractivity contribution in [2.45, 2.75) is 12.4 Å². The molecule has 24 heavy (non-hydrogen) atoms. The predicted molar refractivity (Wildman–Crippen MR) is 71.6 cm³/mol. The van der Waals surface area contributed by atoms with Gasteiger partial charge in [0.25, 0.3) is 0 Å². The molecule has 11 heteroatoms. The molecule has 0 atom stereocenters. The highest BCUT2D eigenvalue weighted by molar-refractivity contribution is 9.10. The Kier molecular flexibility index (Phi) is 5.49. The highest BCUT2D eigenvalue weighted by Gasteiger charge is 2.39. The van der Waals surface area contributed by atoms with Crippen molar-refractivity contribution < 1.29 is 26.3 Å². The minimum atomic E-state index is -5.11. The Labute approximate surface area is 139 Å². The number of alkyl halides is 6. The summed E-state index contributed by atoms with van der Waals surface area (Å²) in [5.74, 6) is 0. The summed E-state index contributed by atoms with van der Waals surface area (Å²) in [5, 5.41) is 28.1. The number of hydrogen-bond acceptors (Lipinski definition) is 4. The maximum atomic E-state index is 12.9. The maximum Gasteiger partial charge on any atom is 0.417 e. The van der Waals surface area contributed by atoms with E-state index >= 15 is 0 Å². The number of anilines is 1. The zero-order valence-electron chi connectivity index (χ0n) is 11.1. The van der Waals surface area contributed by atoms with Crippen LogP contribution in [-0.2, 0) is 12.4 Å². The normalized spacial score (nSPS) is 11.0. The number of nitrogens with one attached hydrogen (secondary N) is 1. The molecule has 1 N–H and O–H groups in total. The Morgan fingerprint density at radius 1 is 0.917 bits per heavy atom. The summed E-state index contributed by atoms with van der Waals surface area (Å²) in [6.45, 7) is 0. The van der Waals surface area contributed by atoms with Gasteiger partial charge in [-0.3, -0.25) is 0 Å². The van der Waals surface area contributed by atoms with Crippen LogP contribution < -0.4 is 5.32 Å². The highest BCUT2D eigenvalue weighted by Crippen LogP contribution is 2.43. The van der Waals surface area contributed by atoms with Crippen LogP contribution in [0.4, 0.5) is 32.0 Å². The van der Waals surface area contributed by atoms with Crippen molar-refractivity contribution in [1.29, 1.82) is 15.8 Å². The second-order valence-electron chi connectivity index (χ2n) is 4.09. The van der Waals surface area contributed by atoms with Crippen molar-refractivity contribution in [2.24, 2.45) is 0 Å². The minimum Gasteiger partial charge on any atom is -0.344 e. The van der Waals surface area contributed by atoms with E-state index in [1.807, 2.05) is 5.32 Å². The maximum absolute atomic E-state index is 12.9. The molecule has 0 bridgehead atoms. The van der Waals surface area contributed by atoms with E-state index in [0.717, 1.165) is 0 Å². The number of nitriles is 3. The molecule has 0 spiro atoms. The van der Waals surface area contributed by atoms with Crippen LogP contribution in [0.3, 0.4) is 0 Å². The van der Waals surface area contributed by atoms with Gasteiger partial charge in [-0.25, -0.2) is 0 Å². The largest absolute Gasteiger partial charge is 0.417 e. The fraction of sp³-hybridized carbons (Fsp3) is 0.154. The number of halogens is 7. The van der Waals surface area contributed by atoms with Crippen LogP contribution in [0.1, 0.15) is 11.1 Å². The van der Waals surface area contributed by atoms with Gasteiger partial charge in [0, 0.05) is 0 Å². The van der Waals surface area contributed by atoms with Gasteiger partial charge >= 0.3 is 12.4 Å². The average molecular weight is 409 g/mol. The molecule has 1 aromatic carbocycles. The van der Waals surface area contributed by atoms with E-state index in [0.29, 0.717) is 6.07 Å². The number of hydrogen-bond donors (Lipinski definition) is 1. The van der Waals surface area contributed by atoms with Crippen LogP contribution in [-0.4, -0.2) is 0 Å². The standard InChI is InChI=1S/C13H3BrF6N4/c14-11-8(13(18,19)20)1-7(12(15,16)17)2-9(11)24-10(5-23)6(3-21)4-22/h1-2,24H. The van der Waals surface area contributed by atoms with E-state index in [1.165, 1.54) is 18.2 Å². The number of rotatable bonds is 2. The summed E-state index contributed by atoms with van der Waals surface area (Å²) in [7, 11) is 0. The van der Waals surface area contributed by atoms with E-state index in [2.05, 4.69) is 15.9 Å². The fourth-order valence-electron chi connectivity index (χ4n) is 1.50. The van der Waals surface area contributed by atoms with Crippen LogP contribution in [0.15, 0.2) is 27.9 Å². The lowest BCUT2D eigenvalue weighted by atomic mass is 10.1. The lowest BCUT2D eigenvalue weighted by Crippen LogP contribution is -2.14. The molecule has 124 valence electrons. The molecule has 4 nitrogen and oxygen atoms in total. The van der Waals surface area contributed by atoms with Crippen molar-refractivity contribution in [2.75, 3.05) is 5.32 Å². The molecular weight excluding hydrogens is 406 g/mol. The molecule has 0 aliphatic heterocycles. The van der Waals surface area contributed by atoms with Crippen molar-refractivity contribution in [3.05, 3.63) is 39.0 Å².